The van der Waals surface area contributed by atoms with Crippen LogP contribution in [-0.2, 0) is 0 Å². The summed E-state index contributed by atoms with van der Waals surface area (Å²) in [6.45, 7) is 2.07. The molecule has 5 rings (SSSR count). The van der Waals surface area contributed by atoms with Crippen LogP contribution in [0.15, 0.2) is 78.9 Å². The van der Waals surface area contributed by atoms with Crippen LogP contribution in [0, 0.1) is 6.92 Å². The van der Waals surface area contributed by atoms with Gasteiger partial charge < -0.3 is 19.4 Å². The van der Waals surface area contributed by atoms with Gasteiger partial charge in [0.15, 0.2) is 0 Å². The van der Waals surface area contributed by atoms with Crippen LogP contribution < -0.4 is 24.3 Å². The summed E-state index contributed by atoms with van der Waals surface area (Å²) in [7, 11) is 9.75. The minimum absolute atomic E-state index is 0.117. The number of carbonyl (C=O) groups is 1. The molecule has 0 atom stereocenters. The van der Waals surface area contributed by atoms with E-state index < -0.39 is 0 Å². The van der Waals surface area contributed by atoms with Crippen LogP contribution in [0.2, 0.25) is 5.02 Å². The molecule has 1 aliphatic rings. The van der Waals surface area contributed by atoms with Crippen molar-refractivity contribution in [2.75, 3.05) is 54.9 Å². The number of rotatable bonds is 5. The van der Waals surface area contributed by atoms with E-state index in [1.165, 1.54) is 0 Å². The van der Waals surface area contributed by atoms with Gasteiger partial charge in [0.1, 0.15) is 5.75 Å². The predicted octanol–water partition coefficient (Wildman–Crippen LogP) is 7.55. The number of aryl methyl sites for hydroxylation is 1. The number of ether oxygens (including phenoxy) is 1. The number of methoxy groups -OCH3 is 1. The van der Waals surface area contributed by atoms with Gasteiger partial charge in [-0.05, 0) is 91.3 Å². The summed E-state index contributed by atoms with van der Waals surface area (Å²) in [5.74, 6) is 0.666. The number of benzene rings is 4. The van der Waals surface area contributed by atoms with Crippen molar-refractivity contribution in [3.63, 3.8) is 0 Å². The van der Waals surface area contributed by atoms with Gasteiger partial charge in [0, 0.05) is 55.8 Å². The first kappa shape index (κ1) is 25.5. The van der Waals surface area contributed by atoms with Crippen LogP contribution in [0.3, 0.4) is 0 Å². The third kappa shape index (κ3) is 4.41. The Morgan fingerprint density at radius 1 is 0.763 bits per heavy atom. The van der Waals surface area contributed by atoms with Crippen molar-refractivity contribution in [3.8, 4) is 5.75 Å². The number of fused-ring (bicyclic) bond motifs is 2. The van der Waals surface area contributed by atoms with E-state index in [9.17, 15) is 4.79 Å². The van der Waals surface area contributed by atoms with Gasteiger partial charge in [-0.3, -0.25) is 9.69 Å². The number of nitrogens with zero attached hydrogens (tertiary/aromatic N) is 4. The maximum Gasteiger partial charge on any atom is 0.262 e. The van der Waals surface area contributed by atoms with Crippen molar-refractivity contribution < 1.29 is 9.53 Å². The second-order valence-electron chi connectivity index (χ2n) is 9.77. The smallest absolute Gasteiger partial charge is 0.262 e. The van der Waals surface area contributed by atoms with E-state index >= 15 is 0 Å². The summed E-state index contributed by atoms with van der Waals surface area (Å²) >= 11 is 6.14. The molecule has 0 aromatic heterocycles. The zero-order valence-electron chi connectivity index (χ0n) is 22.5. The lowest BCUT2D eigenvalue weighted by Gasteiger charge is -2.40. The van der Waals surface area contributed by atoms with E-state index in [1.54, 1.807) is 31.4 Å². The van der Waals surface area contributed by atoms with Crippen LogP contribution in [0.1, 0.15) is 15.9 Å². The minimum Gasteiger partial charge on any atom is -0.497 e. The molecule has 0 unspecified atom stereocenters. The Balaban J connectivity index is 1.81. The van der Waals surface area contributed by atoms with E-state index in [0.29, 0.717) is 10.6 Å². The Hall–Kier alpha value is -4.16. The molecule has 0 saturated heterocycles. The molecule has 0 aliphatic carbocycles. The molecule has 1 amide bonds. The number of anilines is 7. The Bertz CT molecular complexity index is 1500. The van der Waals surface area contributed by atoms with E-state index in [4.69, 9.17) is 16.3 Å². The normalized spacial score (nSPS) is 12.1. The van der Waals surface area contributed by atoms with Crippen molar-refractivity contribution in [1.82, 2.24) is 0 Å². The van der Waals surface area contributed by atoms with E-state index in [-0.39, 0.29) is 5.91 Å². The van der Waals surface area contributed by atoms with Gasteiger partial charge in [0.05, 0.1) is 29.9 Å². The monoisotopic (exact) mass is 526 g/mol. The lowest BCUT2D eigenvalue weighted by atomic mass is 10.0. The molecule has 4 aromatic rings. The van der Waals surface area contributed by atoms with Gasteiger partial charge >= 0.3 is 0 Å². The van der Waals surface area contributed by atoms with Crippen molar-refractivity contribution in [3.05, 3.63) is 95.0 Å². The lowest BCUT2D eigenvalue weighted by Crippen LogP contribution is -2.33. The molecule has 0 saturated carbocycles. The molecule has 194 valence electrons. The van der Waals surface area contributed by atoms with Crippen molar-refractivity contribution in [1.29, 1.82) is 0 Å². The summed E-state index contributed by atoms with van der Waals surface area (Å²) in [5.41, 5.74) is 8.15. The molecule has 0 fully saturated rings. The maximum atomic E-state index is 14.1. The van der Waals surface area contributed by atoms with Gasteiger partial charge in [-0.2, -0.15) is 0 Å². The number of halogens is 1. The van der Waals surface area contributed by atoms with Gasteiger partial charge in [-0.1, -0.05) is 11.6 Å². The average Bonchev–Trinajstić information content (AvgIpc) is 2.91. The second kappa shape index (κ2) is 9.95. The van der Waals surface area contributed by atoms with Gasteiger partial charge in [0.25, 0.3) is 5.91 Å². The highest BCUT2D eigenvalue weighted by molar-refractivity contribution is 6.30. The molecular weight excluding hydrogens is 496 g/mol. The molecule has 0 bridgehead atoms. The highest BCUT2D eigenvalue weighted by atomic mass is 35.5. The molecule has 6 nitrogen and oxygen atoms in total. The third-order valence-corrected chi connectivity index (χ3v) is 7.09. The topological polar surface area (TPSA) is 39.3 Å². The minimum atomic E-state index is -0.117. The van der Waals surface area contributed by atoms with Gasteiger partial charge in [-0.15, -0.1) is 0 Å². The highest BCUT2D eigenvalue weighted by Gasteiger charge is 2.35. The largest absolute Gasteiger partial charge is 0.497 e. The predicted molar refractivity (Wildman–Crippen MR) is 159 cm³/mol. The summed E-state index contributed by atoms with van der Waals surface area (Å²) in [6.07, 6.45) is 0. The third-order valence-electron chi connectivity index (χ3n) is 6.84. The Morgan fingerprint density at radius 2 is 1.42 bits per heavy atom. The first-order chi connectivity index (χ1) is 18.2. The quantitative estimate of drug-likeness (QED) is 0.268. The molecule has 7 heteroatoms. The van der Waals surface area contributed by atoms with Crippen molar-refractivity contribution >= 4 is 57.3 Å². The fraction of sp³-hybridized carbons (Fsp3) is 0.194. The SMILES string of the molecule is COc1ccc(N2c3cc(N(C)C)ccc3N(C(=O)c3ccc(Cl)cc3)c3cc(C)c(N(C)C)cc32)cc1. The zero-order chi connectivity index (χ0) is 27.1. The number of hydrogen-bond donors (Lipinski definition) is 0. The Kier molecular flexibility index (Phi) is 6.67. The first-order valence-corrected chi connectivity index (χ1v) is 12.7. The molecule has 4 aromatic carbocycles. The van der Waals surface area contributed by atoms with E-state index in [0.717, 1.165) is 51.1 Å². The number of hydrogen-bond acceptors (Lipinski definition) is 5. The van der Waals surface area contributed by atoms with E-state index in [1.807, 2.05) is 69.5 Å². The fourth-order valence-corrected chi connectivity index (χ4v) is 5.00. The Morgan fingerprint density at radius 3 is 2.03 bits per heavy atom. The summed E-state index contributed by atoms with van der Waals surface area (Å²) < 4.78 is 5.42. The number of amides is 1. The van der Waals surface area contributed by atoms with Crippen LogP contribution in [0.25, 0.3) is 0 Å². The molecule has 38 heavy (non-hydrogen) atoms. The molecule has 1 aliphatic heterocycles. The van der Waals surface area contributed by atoms with Crippen molar-refractivity contribution in [2.45, 2.75) is 6.92 Å². The zero-order valence-corrected chi connectivity index (χ0v) is 23.2. The Labute approximate surface area is 229 Å². The lowest BCUT2D eigenvalue weighted by molar-refractivity contribution is 0.0999. The average molecular weight is 527 g/mol. The highest BCUT2D eigenvalue weighted by Crippen LogP contribution is 2.54. The van der Waals surface area contributed by atoms with Gasteiger partial charge in [-0.25, -0.2) is 0 Å². The standard InChI is InChI=1S/C31H31ClN4O2/c1-20-17-28-30(19-27(20)34(4)5)35(23-11-14-25(38-6)15-12-23)29-18-24(33(2)3)13-16-26(29)36(28)31(37)21-7-9-22(32)10-8-21/h7-19H,1-6H3. The second-order valence-corrected chi connectivity index (χ2v) is 10.2. The molecule has 0 radical (unpaired) electrons. The van der Waals surface area contributed by atoms with Crippen LogP contribution in [0.5, 0.6) is 5.75 Å². The van der Waals surface area contributed by atoms with Crippen LogP contribution in [-0.4, -0.2) is 41.2 Å². The summed E-state index contributed by atoms with van der Waals surface area (Å²) in [4.78, 5) is 22.3. The summed E-state index contributed by atoms with van der Waals surface area (Å²) in [6, 6.07) is 25.5. The van der Waals surface area contributed by atoms with Crippen LogP contribution in [0.4, 0.5) is 39.8 Å². The van der Waals surface area contributed by atoms with E-state index in [2.05, 4.69) is 39.8 Å². The molecular formula is C31H31ClN4O2. The summed E-state index contributed by atoms with van der Waals surface area (Å²) in [5, 5.41) is 0.591. The molecule has 0 spiro atoms. The number of carbonyl (C=O) groups excluding carboxylic acids is 1. The molecule has 0 N–H and O–H groups in total. The molecule has 1 heterocycles. The first-order valence-electron chi connectivity index (χ1n) is 12.4. The fourth-order valence-electron chi connectivity index (χ4n) is 4.88. The van der Waals surface area contributed by atoms with Gasteiger partial charge in [0.2, 0.25) is 0 Å². The van der Waals surface area contributed by atoms with Crippen LogP contribution >= 0.6 is 11.6 Å². The van der Waals surface area contributed by atoms with Crippen molar-refractivity contribution in [2.24, 2.45) is 0 Å². The maximum absolute atomic E-state index is 14.1.